The van der Waals surface area contributed by atoms with E-state index in [0.717, 1.165) is 25.8 Å². The highest BCUT2D eigenvalue weighted by Crippen LogP contribution is 2.20. The van der Waals surface area contributed by atoms with Crippen LogP contribution in [0.25, 0.3) is 0 Å². The molecule has 1 aliphatic rings. The fourth-order valence-electron chi connectivity index (χ4n) is 2.83. The predicted octanol–water partition coefficient (Wildman–Crippen LogP) is 2.75. The van der Waals surface area contributed by atoms with E-state index in [4.69, 9.17) is 5.73 Å². The molecule has 1 aliphatic heterocycles. The van der Waals surface area contributed by atoms with E-state index in [2.05, 4.69) is 0 Å². The predicted molar refractivity (Wildman–Crippen MR) is 98.3 cm³/mol. The third-order valence-corrected chi connectivity index (χ3v) is 4.95. The normalized spacial score (nSPS) is 18.9. The molecule has 4 nitrogen and oxygen atoms in total. The number of piperidine rings is 1. The summed E-state index contributed by atoms with van der Waals surface area (Å²) >= 11 is 1.39. The van der Waals surface area contributed by atoms with Crippen molar-refractivity contribution in [3.63, 3.8) is 0 Å². The smallest absolute Gasteiger partial charge is 0.232 e. The number of rotatable bonds is 6. The Labute approximate surface area is 148 Å². The van der Waals surface area contributed by atoms with Gasteiger partial charge in [-0.2, -0.15) is 0 Å². The molecule has 2 atom stereocenters. The number of ketones is 1. The van der Waals surface area contributed by atoms with E-state index in [-0.39, 0.29) is 36.2 Å². The maximum Gasteiger partial charge on any atom is 0.232 e. The zero-order valence-corrected chi connectivity index (χ0v) is 15.1. The summed E-state index contributed by atoms with van der Waals surface area (Å²) in [5, 5.41) is 0. The van der Waals surface area contributed by atoms with Gasteiger partial charge in [0, 0.05) is 24.2 Å². The van der Waals surface area contributed by atoms with Gasteiger partial charge in [-0.25, -0.2) is 0 Å². The number of nitrogens with zero attached hydrogens (tertiary/aromatic N) is 1. The fourth-order valence-corrected chi connectivity index (χ4v) is 3.63. The average molecular weight is 357 g/mol. The van der Waals surface area contributed by atoms with Crippen LogP contribution in [0.4, 0.5) is 0 Å². The Hall–Kier alpha value is -1.04. The number of halogens is 1. The second-order valence-electron chi connectivity index (χ2n) is 5.79. The summed E-state index contributed by atoms with van der Waals surface area (Å²) in [6, 6.07) is 9.35. The van der Waals surface area contributed by atoms with Crippen molar-refractivity contribution in [2.75, 3.05) is 18.1 Å². The fraction of sp³-hybridized carbons (Fsp3) is 0.529. The van der Waals surface area contributed by atoms with Crippen molar-refractivity contribution in [3.05, 3.63) is 35.9 Å². The van der Waals surface area contributed by atoms with E-state index in [1.807, 2.05) is 42.2 Å². The SMILES string of the molecule is CC(N)C1CCCCN1C(=O)CSCC(=O)c1ccccc1.Cl. The molecule has 2 unspecified atom stereocenters. The second-order valence-corrected chi connectivity index (χ2v) is 6.78. The lowest BCUT2D eigenvalue weighted by atomic mass is 9.97. The molecular weight excluding hydrogens is 332 g/mol. The Kier molecular flexibility index (Phi) is 8.66. The molecule has 0 aromatic heterocycles. The Morgan fingerprint density at radius 3 is 2.61 bits per heavy atom. The van der Waals surface area contributed by atoms with Crippen molar-refractivity contribution in [2.45, 2.75) is 38.3 Å². The molecule has 1 fully saturated rings. The van der Waals surface area contributed by atoms with E-state index < -0.39 is 0 Å². The average Bonchev–Trinajstić information content (AvgIpc) is 2.55. The third kappa shape index (κ3) is 5.83. The molecule has 2 rings (SSSR count). The van der Waals surface area contributed by atoms with E-state index >= 15 is 0 Å². The number of hydrogen-bond acceptors (Lipinski definition) is 4. The molecule has 0 spiro atoms. The number of amides is 1. The molecule has 2 N–H and O–H groups in total. The summed E-state index contributed by atoms with van der Waals surface area (Å²) in [6.45, 7) is 2.75. The highest BCUT2D eigenvalue weighted by molar-refractivity contribution is 8.00. The van der Waals surface area contributed by atoms with Gasteiger partial charge in [-0.3, -0.25) is 9.59 Å². The first-order chi connectivity index (χ1) is 10.6. The van der Waals surface area contributed by atoms with Crippen molar-refractivity contribution in [2.24, 2.45) is 5.73 Å². The summed E-state index contributed by atoms with van der Waals surface area (Å²) in [4.78, 5) is 26.3. The summed E-state index contributed by atoms with van der Waals surface area (Å²) < 4.78 is 0. The minimum absolute atomic E-state index is 0. The molecule has 0 saturated carbocycles. The number of thioether (sulfide) groups is 1. The van der Waals surface area contributed by atoms with E-state index in [9.17, 15) is 9.59 Å². The van der Waals surface area contributed by atoms with E-state index in [0.29, 0.717) is 17.1 Å². The Balaban J connectivity index is 0.00000264. The molecular formula is C17H25ClN2O2S. The van der Waals surface area contributed by atoms with Crippen LogP contribution in [0.15, 0.2) is 30.3 Å². The number of nitrogens with two attached hydrogens (primary N) is 1. The first-order valence-corrected chi connectivity index (χ1v) is 8.96. The Morgan fingerprint density at radius 1 is 1.26 bits per heavy atom. The van der Waals surface area contributed by atoms with Gasteiger partial charge in [-0.05, 0) is 26.2 Å². The molecule has 1 aromatic carbocycles. The van der Waals surface area contributed by atoms with Crippen molar-refractivity contribution in [1.29, 1.82) is 0 Å². The van der Waals surface area contributed by atoms with Crippen molar-refractivity contribution < 1.29 is 9.59 Å². The van der Waals surface area contributed by atoms with Gasteiger partial charge in [0.1, 0.15) is 0 Å². The van der Waals surface area contributed by atoms with Gasteiger partial charge >= 0.3 is 0 Å². The summed E-state index contributed by atoms with van der Waals surface area (Å²) in [5.41, 5.74) is 6.70. The quantitative estimate of drug-likeness (QED) is 0.796. The maximum atomic E-state index is 12.4. The molecule has 0 aliphatic carbocycles. The zero-order valence-electron chi connectivity index (χ0n) is 13.4. The zero-order chi connectivity index (χ0) is 15.9. The number of carbonyl (C=O) groups excluding carboxylic acids is 2. The lowest BCUT2D eigenvalue weighted by Crippen LogP contribution is -2.52. The van der Waals surface area contributed by atoms with Gasteiger partial charge in [0.25, 0.3) is 0 Å². The second kappa shape index (κ2) is 9.96. The summed E-state index contributed by atoms with van der Waals surface area (Å²) in [5.74, 6) is 0.863. The Bertz CT molecular complexity index is 511. The van der Waals surface area contributed by atoms with Crippen LogP contribution in [0.2, 0.25) is 0 Å². The number of benzene rings is 1. The monoisotopic (exact) mass is 356 g/mol. The lowest BCUT2D eigenvalue weighted by molar-refractivity contribution is -0.132. The third-order valence-electron chi connectivity index (χ3n) is 4.03. The Morgan fingerprint density at radius 2 is 1.96 bits per heavy atom. The van der Waals surface area contributed by atoms with Gasteiger partial charge in [0.15, 0.2) is 5.78 Å². The van der Waals surface area contributed by atoms with Crippen molar-refractivity contribution in [3.8, 4) is 0 Å². The minimum atomic E-state index is 0. The van der Waals surface area contributed by atoms with Gasteiger partial charge in [-0.1, -0.05) is 30.3 Å². The standard InChI is InChI=1S/C17H24N2O2S.ClH/c1-13(18)15-9-5-6-10-19(15)17(21)12-22-11-16(20)14-7-3-2-4-8-14;/h2-4,7-8,13,15H,5-6,9-12,18H2,1H3;1H. The van der Waals surface area contributed by atoms with Crippen molar-refractivity contribution in [1.82, 2.24) is 4.90 Å². The molecule has 6 heteroatoms. The minimum Gasteiger partial charge on any atom is -0.337 e. The van der Waals surface area contributed by atoms with Crippen LogP contribution in [-0.2, 0) is 4.79 Å². The van der Waals surface area contributed by atoms with Crippen LogP contribution in [-0.4, -0.2) is 46.7 Å². The van der Waals surface area contributed by atoms with Crippen LogP contribution in [0, 0.1) is 0 Å². The lowest BCUT2D eigenvalue weighted by Gasteiger charge is -2.38. The molecule has 0 radical (unpaired) electrons. The van der Waals surface area contributed by atoms with E-state index in [1.165, 1.54) is 11.8 Å². The van der Waals surface area contributed by atoms with Crippen LogP contribution in [0.3, 0.4) is 0 Å². The molecule has 0 bridgehead atoms. The van der Waals surface area contributed by atoms with Crippen molar-refractivity contribution >= 4 is 35.9 Å². The van der Waals surface area contributed by atoms with Crippen LogP contribution >= 0.6 is 24.2 Å². The number of hydrogen-bond donors (Lipinski definition) is 1. The maximum absolute atomic E-state index is 12.4. The number of carbonyl (C=O) groups is 2. The molecule has 1 amide bonds. The topological polar surface area (TPSA) is 63.4 Å². The van der Waals surface area contributed by atoms with Gasteiger partial charge in [-0.15, -0.1) is 24.2 Å². The molecule has 1 aromatic rings. The highest BCUT2D eigenvalue weighted by Gasteiger charge is 2.28. The number of likely N-dealkylation sites (tertiary alicyclic amines) is 1. The first kappa shape index (κ1) is 20.0. The van der Waals surface area contributed by atoms with Crippen LogP contribution < -0.4 is 5.73 Å². The summed E-state index contributed by atoms with van der Waals surface area (Å²) in [6.07, 6.45) is 3.16. The highest BCUT2D eigenvalue weighted by atomic mass is 35.5. The van der Waals surface area contributed by atoms with E-state index in [1.54, 1.807) is 0 Å². The largest absolute Gasteiger partial charge is 0.337 e. The first-order valence-electron chi connectivity index (χ1n) is 7.80. The molecule has 1 saturated heterocycles. The van der Waals surface area contributed by atoms with Gasteiger partial charge in [0.05, 0.1) is 11.5 Å². The van der Waals surface area contributed by atoms with Crippen LogP contribution in [0.5, 0.6) is 0 Å². The molecule has 1 heterocycles. The van der Waals surface area contributed by atoms with Crippen LogP contribution in [0.1, 0.15) is 36.5 Å². The molecule has 128 valence electrons. The molecule has 23 heavy (non-hydrogen) atoms. The number of Topliss-reactive ketones (excluding diaryl/α,β-unsaturated/α-hetero) is 1. The van der Waals surface area contributed by atoms with Gasteiger partial charge < -0.3 is 10.6 Å². The summed E-state index contributed by atoms with van der Waals surface area (Å²) in [7, 11) is 0. The van der Waals surface area contributed by atoms with Gasteiger partial charge in [0.2, 0.25) is 5.91 Å².